The molecule has 20 heavy (non-hydrogen) atoms. The number of aromatic nitrogens is 1. The van der Waals surface area contributed by atoms with E-state index in [1.54, 1.807) is 12.1 Å². The highest BCUT2D eigenvalue weighted by Gasteiger charge is 2.29. The first-order chi connectivity index (χ1) is 9.50. The molecule has 0 spiro atoms. The van der Waals surface area contributed by atoms with Crippen LogP contribution in [0.4, 0.5) is 5.82 Å². The van der Waals surface area contributed by atoms with Crippen LogP contribution in [0, 0.1) is 5.39 Å². The second-order valence-corrected chi connectivity index (χ2v) is 5.42. The van der Waals surface area contributed by atoms with Crippen LogP contribution < -0.4 is 10.7 Å². The van der Waals surface area contributed by atoms with Gasteiger partial charge < -0.3 is 10.1 Å². The van der Waals surface area contributed by atoms with Crippen LogP contribution >= 0.6 is 0 Å². The Morgan fingerprint density at radius 1 is 1.55 bits per heavy atom. The van der Waals surface area contributed by atoms with Gasteiger partial charge in [0.25, 0.3) is 11.3 Å². The fourth-order valence-corrected chi connectivity index (χ4v) is 2.27. The standard InChI is InChI=1S/C13H17N5O2/c1-13(2)7-10(5-6-20-13)16-12(19)9-3-4-11(15-8-9)17-18-14/h3-4,8,10H,5-7H2,1-2H3,(H-,15,16,17,19)/p+1/t10-/m0/s1. The summed E-state index contributed by atoms with van der Waals surface area (Å²) in [5.41, 5.74) is 2.55. The number of diazo groups is 1. The molecule has 7 nitrogen and oxygen atoms in total. The Balaban J connectivity index is 1.96. The molecule has 1 atom stereocenters. The van der Waals surface area contributed by atoms with Crippen molar-refractivity contribution < 1.29 is 9.53 Å². The molecule has 1 aliphatic heterocycles. The van der Waals surface area contributed by atoms with E-state index in [0.717, 1.165) is 12.8 Å². The van der Waals surface area contributed by atoms with Crippen molar-refractivity contribution in [2.45, 2.75) is 38.3 Å². The lowest BCUT2D eigenvalue weighted by atomic mass is 9.94. The van der Waals surface area contributed by atoms with Crippen LogP contribution in [0.15, 0.2) is 18.3 Å². The minimum Gasteiger partial charge on any atom is -0.375 e. The molecule has 1 saturated heterocycles. The van der Waals surface area contributed by atoms with Gasteiger partial charge in [-0.2, -0.15) is 0 Å². The van der Waals surface area contributed by atoms with Crippen LogP contribution in [0.5, 0.6) is 0 Å². The van der Waals surface area contributed by atoms with E-state index in [0.29, 0.717) is 18.0 Å². The fraction of sp³-hybridized carbons (Fsp3) is 0.538. The zero-order chi connectivity index (χ0) is 14.6. The summed E-state index contributed by atoms with van der Waals surface area (Å²) in [4.78, 5) is 16.1. The Morgan fingerprint density at radius 3 is 2.95 bits per heavy atom. The quantitative estimate of drug-likeness (QED) is 0.650. The van der Waals surface area contributed by atoms with Crippen LogP contribution in [0.1, 0.15) is 37.0 Å². The van der Waals surface area contributed by atoms with Crippen molar-refractivity contribution in [3.63, 3.8) is 0 Å². The average Bonchev–Trinajstić information content (AvgIpc) is 2.38. The molecule has 7 heteroatoms. The monoisotopic (exact) mass is 276 g/mol. The molecule has 0 unspecified atom stereocenters. The molecule has 1 fully saturated rings. The number of pyridine rings is 1. The molecular weight excluding hydrogens is 258 g/mol. The predicted molar refractivity (Wildman–Crippen MR) is 73.5 cm³/mol. The van der Waals surface area contributed by atoms with E-state index in [1.165, 1.54) is 6.20 Å². The topological polar surface area (TPSA) is 91.4 Å². The van der Waals surface area contributed by atoms with Crippen molar-refractivity contribution in [2.24, 2.45) is 0 Å². The number of amides is 1. The summed E-state index contributed by atoms with van der Waals surface area (Å²) in [5, 5.41) is 14.1. The van der Waals surface area contributed by atoms with Crippen LogP contribution in [0.2, 0.25) is 0 Å². The van der Waals surface area contributed by atoms with Gasteiger partial charge in [-0.05, 0) is 38.8 Å². The van der Waals surface area contributed by atoms with E-state index >= 15 is 0 Å². The SMILES string of the molecule is CC1(C)C[C@@H](NC(=O)c2ccc(N[N+]#N)nc2)CCO1. The largest absolute Gasteiger partial charge is 0.375 e. The van der Waals surface area contributed by atoms with Gasteiger partial charge >= 0.3 is 5.08 Å². The third-order valence-electron chi connectivity index (χ3n) is 3.22. The molecule has 2 heterocycles. The molecule has 0 aliphatic carbocycles. The summed E-state index contributed by atoms with van der Waals surface area (Å²) in [6.07, 6.45) is 3.04. The van der Waals surface area contributed by atoms with Crippen molar-refractivity contribution in [1.29, 1.82) is 5.39 Å². The van der Waals surface area contributed by atoms with E-state index in [9.17, 15) is 4.79 Å². The minimum atomic E-state index is -0.204. The number of anilines is 1. The van der Waals surface area contributed by atoms with Gasteiger partial charge in [0, 0.05) is 24.3 Å². The van der Waals surface area contributed by atoms with Gasteiger partial charge in [-0.25, -0.2) is 4.98 Å². The highest BCUT2D eigenvalue weighted by molar-refractivity contribution is 5.94. The third kappa shape index (κ3) is 3.65. The summed E-state index contributed by atoms with van der Waals surface area (Å²) in [6, 6.07) is 3.31. The van der Waals surface area contributed by atoms with Crippen molar-refractivity contribution >= 4 is 11.7 Å². The Labute approximate surface area is 117 Å². The van der Waals surface area contributed by atoms with Crippen LogP contribution in [0.25, 0.3) is 5.08 Å². The molecule has 1 aliphatic rings. The number of carbonyl (C=O) groups excluding carboxylic acids is 1. The molecule has 1 aromatic heterocycles. The van der Waals surface area contributed by atoms with Gasteiger partial charge in [-0.1, -0.05) is 0 Å². The van der Waals surface area contributed by atoms with Gasteiger partial charge in [0.15, 0.2) is 0 Å². The van der Waals surface area contributed by atoms with Crippen molar-refractivity contribution in [1.82, 2.24) is 10.3 Å². The molecule has 0 bridgehead atoms. The summed E-state index contributed by atoms with van der Waals surface area (Å²) < 4.78 is 5.62. The molecule has 0 radical (unpaired) electrons. The Kier molecular flexibility index (Phi) is 4.15. The predicted octanol–water partition coefficient (Wildman–Crippen LogP) is 1.95. The Bertz CT molecular complexity index is 521. The molecular formula is C13H18N5O2+. The molecule has 0 aromatic carbocycles. The number of rotatable bonds is 3. The maximum Gasteiger partial charge on any atom is 0.309 e. The molecule has 106 valence electrons. The zero-order valence-corrected chi connectivity index (χ0v) is 11.6. The van der Waals surface area contributed by atoms with E-state index < -0.39 is 0 Å². The second-order valence-electron chi connectivity index (χ2n) is 5.42. The second kappa shape index (κ2) is 5.84. The Morgan fingerprint density at radius 2 is 2.35 bits per heavy atom. The zero-order valence-electron chi connectivity index (χ0n) is 11.6. The third-order valence-corrected chi connectivity index (χ3v) is 3.22. The first kappa shape index (κ1) is 14.2. The van der Waals surface area contributed by atoms with Gasteiger partial charge in [-0.15, -0.1) is 0 Å². The maximum atomic E-state index is 12.1. The maximum absolute atomic E-state index is 12.1. The summed E-state index contributed by atoms with van der Waals surface area (Å²) in [7, 11) is 0. The lowest BCUT2D eigenvalue weighted by Gasteiger charge is -2.35. The first-order valence-electron chi connectivity index (χ1n) is 6.51. The molecule has 2 rings (SSSR count). The average molecular weight is 276 g/mol. The summed E-state index contributed by atoms with van der Waals surface area (Å²) in [5.74, 6) is 0.212. The Hall–Kier alpha value is -2.20. The van der Waals surface area contributed by atoms with E-state index in [2.05, 4.69) is 20.8 Å². The van der Waals surface area contributed by atoms with Gasteiger partial charge in [0.2, 0.25) is 5.82 Å². The molecule has 1 aromatic rings. The van der Waals surface area contributed by atoms with E-state index in [-0.39, 0.29) is 17.6 Å². The summed E-state index contributed by atoms with van der Waals surface area (Å²) >= 11 is 0. The van der Waals surface area contributed by atoms with Crippen LogP contribution in [-0.4, -0.2) is 29.1 Å². The van der Waals surface area contributed by atoms with Crippen molar-refractivity contribution in [2.75, 3.05) is 12.0 Å². The van der Waals surface area contributed by atoms with Gasteiger partial charge in [-0.3, -0.25) is 4.79 Å². The molecule has 1 amide bonds. The lowest BCUT2D eigenvalue weighted by Crippen LogP contribution is -2.45. The summed E-state index contributed by atoms with van der Waals surface area (Å²) in [6.45, 7) is 4.69. The number of ether oxygens (including phenoxy) is 1. The van der Waals surface area contributed by atoms with Gasteiger partial charge in [0.1, 0.15) is 0 Å². The molecule has 2 N–H and O–H groups in total. The first-order valence-corrected chi connectivity index (χ1v) is 6.51. The fourth-order valence-electron chi connectivity index (χ4n) is 2.27. The highest BCUT2D eigenvalue weighted by atomic mass is 16.5. The number of hydrogen-bond donors (Lipinski definition) is 2. The number of nitrogens with one attached hydrogen (secondary N) is 2. The smallest absolute Gasteiger partial charge is 0.309 e. The van der Waals surface area contributed by atoms with Crippen molar-refractivity contribution in [3.05, 3.63) is 29.0 Å². The molecule has 0 saturated carbocycles. The van der Waals surface area contributed by atoms with E-state index in [4.69, 9.17) is 10.1 Å². The lowest BCUT2D eigenvalue weighted by molar-refractivity contribution is -0.0615. The van der Waals surface area contributed by atoms with Crippen molar-refractivity contribution in [3.8, 4) is 0 Å². The normalized spacial score (nSPS) is 20.8. The minimum absolute atomic E-state index is 0.108. The highest BCUT2D eigenvalue weighted by Crippen LogP contribution is 2.24. The van der Waals surface area contributed by atoms with E-state index in [1.807, 2.05) is 13.8 Å². The van der Waals surface area contributed by atoms with Crippen LogP contribution in [-0.2, 0) is 4.74 Å². The number of carbonyl (C=O) groups is 1. The number of hydrogen-bond acceptors (Lipinski definition) is 5. The van der Waals surface area contributed by atoms with Crippen LogP contribution in [0.3, 0.4) is 0 Å². The van der Waals surface area contributed by atoms with Gasteiger partial charge in [0.05, 0.1) is 11.2 Å². The number of nitrogens with zero attached hydrogens (tertiary/aromatic N) is 3.